The lowest BCUT2D eigenvalue weighted by molar-refractivity contribution is -0.117. The van der Waals surface area contributed by atoms with Crippen LogP contribution >= 0.6 is 0 Å². The first kappa shape index (κ1) is 14.3. The van der Waals surface area contributed by atoms with Crippen molar-refractivity contribution in [2.24, 2.45) is 0 Å². The molecular weight excluding hydrogens is 276 g/mol. The lowest BCUT2D eigenvalue weighted by atomic mass is 10.0. The quantitative estimate of drug-likeness (QED) is 0.914. The summed E-state index contributed by atoms with van der Waals surface area (Å²) in [4.78, 5) is 23.4. The van der Waals surface area contributed by atoms with Crippen molar-refractivity contribution >= 4 is 23.2 Å². The number of benzene rings is 2. The zero-order valence-electron chi connectivity index (χ0n) is 12.5. The minimum atomic E-state index is -0.0383. The van der Waals surface area contributed by atoms with Crippen molar-refractivity contribution in [3.05, 3.63) is 59.2 Å². The number of aryl methyl sites for hydroxylation is 2. The fourth-order valence-corrected chi connectivity index (χ4v) is 2.56. The summed E-state index contributed by atoms with van der Waals surface area (Å²) < 4.78 is 0. The lowest BCUT2D eigenvalue weighted by Crippen LogP contribution is -2.19. The van der Waals surface area contributed by atoms with E-state index in [1.54, 1.807) is 0 Å². The Morgan fingerprint density at radius 3 is 2.68 bits per heavy atom. The van der Waals surface area contributed by atoms with E-state index in [1.807, 2.05) is 49.4 Å². The highest BCUT2D eigenvalue weighted by molar-refractivity contribution is 5.96. The molecule has 0 saturated carbocycles. The molecule has 4 nitrogen and oxygen atoms in total. The predicted molar refractivity (Wildman–Crippen MR) is 86.9 cm³/mol. The first-order chi connectivity index (χ1) is 10.6. The van der Waals surface area contributed by atoms with Crippen molar-refractivity contribution in [2.45, 2.75) is 26.2 Å². The number of carbonyl (C=O) groups is 2. The van der Waals surface area contributed by atoms with E-state index < -0.39 is 0 Å². The van der Waals surface area contributed by atoms with Gasteiger partial charge in [-0.2, -0.15) is 0 Å². The normalized spacial score (nSPS) is 13.2. The molecule has 3 rings (SSSR count). The number of amides is 2. The number of rotatable bonds is 3. The minimum Gasteiger partial charge on any atom is -0.326 e. The van der Waals surface area contributed by atoms with E-state index in [-0.39, 0.29) is 11.8 Å². The maximum absolute atomic E-state index is 12.1. The Hall–Kier alpha value is -2.62. The zero-order valence-corrected chi connectivity index (χ0v) is 12.5. The lowest BCUT2D eigenvalue weighted by Gasteiger charge is -2.17. The predicted octanol–water partition coefficient (Wildman–Crippen LogP) is 3.06. The smallest absolute Gasteiger partial charge is 0.228 e. The molecule has 2 aromatic rings. The van der Waals surface area contributed by atoms with Crippen LogP contribution in [0.2, 0.25) is 0 Å². The van der Waals surface area contributed by atoms with Gasteiger partial charge in [0.1, 0.15) is 0 Å². The molecule has 0 aromatic heterocycles. The van der Waals surface area contributed by atoms with E-state index in [4.69, 9.17) is 0 Å². The van der Waals surface area contributed by atoms with Gasteiger partial charge >= 0.3 is 0 Å². The summed E-state index contributed by atoms with van der Waals surface area (Å²) in [5, 5.41) is 5.75. The van der Waals surface area contributed by atoms with Crippen LogP contribution in [0, 0.1) is 6.92 Å². The van der Waals surface area contributed by atoms with E-state index in [2.05, 4.69) is 10.6 Å². The van der Waals surface area contributed by atoms with Crippen LogP contribution in [0.15, 0.2) is 42.5 Å². The number of fused-ring (bicyclic) bond motifs is 1. The van der Waals surface area contributed by atoms with E-state index >= 15 is 0 Å². The molecule has 0 radical (unpaired) electrons. The van der Waals surface area contributed by atoms with Crippen LogP contribution in [0.25, 0.3) is 0 Å². The molecular formula is C18H18N2O2. The van der Waals surface area contributed by atoms with Gasteiger partial charge in [-0.25, -0.2) is 0 Å². The minimum absolute atomic E-state index is 0.0383. The molecule has 1 aliphatic rings. The van der Waals surface area contributed by atoms with E-state index in [0.29, 0.717) is 19.3 Å². The summed E-state index contributed by atoms with van der Waals surface area (Å²) in [6.07, 6.45) is 1.56. The van der Waals surface area contributed by atoms with Crippen molar-refractivity contribution in [3.8, 4) is 0 Å². The van der Waals surface area contributed by atoms with Gasteiger partial charge in [-0.3, -0.25) is 9.59 Å². The van der Waals surface area contributed by atoms with Gasteiger partial charge < -0.3 is 10.6 Å². The second-order valence-electron chi connectivity index (χ2n) is 5.63. The van der Waals surface area contributed by atoms with E-state index in [9.17, 15) is 9.59 Å². The summed E-state index contributed by atoms with van der Waals surface area (Å²) in [6, 6.07) is 13.5. The van der Waals surface area contributed by atoms with Gasteiger partial charge in [-0.05, 0) is 42.7 Å². The van der Waals surface area contributed by atoms with Crippen molar-refractivity contribution < 1.29 is 9.59 Å². The van der Waals surface area contributed by atoms with Crippen LogP contribution in [0.3, 0.4) is 0 Å². The largest absolute Gasteiger partial charge is 0.326 e. The molecule has 0 saturated heterocycles. The third kappa shape index (κ3) is 3.34. The van der Waals surface area contributed by atoms with E-state index in [0.717, 1.165) is 22.5 Å². The van der Waals surface area contributed by atoms with Gasteiger partial charge in [0.25, 0.3) is 0 Å². The molecule has 1 aliphatic heterocycles. The molecule has 2 N–H and O–H groups in total. The Bertz CT molecular complexity index is 720. The third-order valence-electron chi connectivity index (χ3n) is 3.77. The third-order valence-corrected chi connectivity index (χ3v) is 3.77. The fraction of sp³-hybridized carbons (Fsp3) is 0.222. The Morgan fingerprint density at radius 2 is 1.91 bits per heavy atom. The SMILES string of the molecule is Cc1ccc(CC(=O)Nc2ccc3c(c2)CCC(=O)N3)cc1. The Morgan fingerprint density at radius 1 is 1.14 bits per heavy atom. The molecule has 0 bridgehead atoms. The Balaban J connectivity index is 1.66. The van der Waals surface area contributed by atoms with Crippen molar-refractivity contribution in [1.82, 2.24) is 0 Å². The first-order valence-corrected chi connectivity index (χ1v) is 7.38. The molecule has 1 heterocycles. The van der Waals surface area contributed by atoms with Crippen molar-refractivity contribution in [1.29, 1.82) is 0 Å². The van der Waals surface area contributed by atoms with Crippen molar-refractivity contribution in [2.75, 3.05) is 10.6 Å². The summed E-state index contributed by atoms with van der Waals surface area (Å²) in [5.74, 6) is 0.00676. The maximum atomic E-state index is 12.1. The second-order valence-corrected chi connectivity index (χ2v) is 5.63. The van der Waals surface area contributed by atoms with Crippen LogP contribution in [0.1, 0.15) is 23.1 Å². The van der Waals surface area contributed by atoms with Crippen molar-refractivity contribution in [3.63, 3.8) is 0 Å². The maximum Gasteiger partial charge on any atom is 0.228 e. The van der Waals surface area contributed by atoms with Crippen LogP contribution < -0.4 is 10.6 Å². The summed E-state index contributed by atoms with van der Waals surface area (Å²) in [7, 11) is 0. The highest BCUT2D eigenvalue weighted by Gasteiger charge is 2.15. The highest BCUT2D eigenvalue weighted by Crippen LogP contribution is 2.25. The van der Waals surface area contributed by atoms with Gasteiger partial charge in [-0.15, -0.1) is 0 Å². The first-order valence-electron chi connectivity index (χ1n) is 7.38. The number of nitrogens with one attached hydrogen (secondary N) is 2. The topological polar surface area (TPSA) is 58.2 Å². The Kier molecular flexibility index (Phi) is 3.92. The van der Waals surface area contributed by atoms with Crippen LogP contribution in [-0.4, -0.2) is 11.8 Å². The molecule has 0 atom stereocenters. The monoisotopic (exact) mass is 294 g/mol. The number of carbonyl (C=O) groups excluding carboxylic acids is 2. The van der Waals surface area contributed by atoms with Crippen LogP contribution in [0.4, 0.5) is 11.4 Å². The molecule has 4 heteroatoms. The summed E-state index contributed by atoms with van der Waals surface area (Å²) in [6.45, 7) is 2.02. The molecule has 112 valence electrons. The standard InChI is InChI=1S/C18H18N2O2/c1-12-2-4-13(5-3-12)10-18(22)19-15-7-8-16-14(11-15)6-9-17(21)20-16/h2-5,7-8,11H,6,9-10H2,1H3,(H,19,22)(H,20,21). The average molecular weight is 294 g/mol. The average Bonchev–Trinajstić information content (AvgIpc) is 2.50. The molecule has 0 spiro atoms. The van der Waals surface area contributed by atoms with Gasteiger partial charge in [0, 0.05) is 17.8 Å². The molecule has 0 fully saturated rings. The van der Waals surface area contributed by atoms with Gasteiger partial charge in [-0.1, -0.05) is 29.8 Å². The fourth-order valence-electron chi connectivity index (χ4n) is 2.56. The molecule has 22 heavy (non-hydrogen) atoms. The second kappa shape index (κ2) is 6.02. The summed E-state index contributed by atoms with van der Waals surface area (Å²) in [5.41, 5.74) is 4.85. The van der Waals surface area contributed by atoms with Crippen LogP contribution in [-0.2, 0) is 22.4 Å². The van der Waals surface area contributed by atoms with Gasteiger partial charge in [0.2, 0.25) is 11.8 Å². The van der Waals surface area contributed by atoms with Crippen LogP contribution in [0.5, 0.6) is 0 Å². The molecule has 2 amide bonds. The molecule has 2 aromatic carbocycles. The van der Waals surface area contributed by atoms with Gasteiger partial charge in [0.15, 0.2) is 0 Å². The number of anilines is 2. The molecule has 0 unspecified atom stereocenters. The highest BCUT2D eigenvalue weighted by atomic mass is 16.2. The Labute approximate surface area is 129 Å². The number of hydrogen-bond acceptors (Lipinski definition) is 2. The van der Waals surface area contributed by atoms with E-state index in [1.165, 1.54) is 5.56 Å². The zero-order chi connectivity index (χ0) is 15.5. The van der Waals surface area contributed by atoms with Gasteiger partial charge in [0.05, 0.1) is 6.42 Å². The molecule has 0 aliphatic carbocycles. The number of hydrogen-bond donors (Lipinski definition) is 2. The summed E-state index contributed by atoms with van der Waals surface area (Å²) >= 11 is 0.